The largest absolute Gasteiger partial charge is 0.376 e. The molecule has 194 valence electrons. The first kappa shape index (κ1) is 25.3. The second-order valence-corrected chi connectivity index (χ2v) is 10.1. The van der Waals surface area contributed by atoms with E-state index in [0.717, 1.165) is 60.1 Å². The Morgan fingerprint density at radius 3 is 2.76 bits per heavy atom. The molecule has 0 radical (unpaired) electrons. The van der Waals surface area contributed by atoms with Crippen LogP contribution in [0.1, 0.15) is 66.7 Å². The highest BCUT2D eigenvalue weighted by Gasteiger charge is 2.28. The van der Waals surface area contributed by atoms with E-state index < -0.39 is 0 Å². The van der Waals surface area contributed by atoms with E-state index in [1.54, 1.807) is 0 Å². The van der Waals surface area contributed by atoms with Gasteiger partial charge in [-0.05, 0) is 71.7 Å². The lowest BCUT2D eigenvalue weighted by Crippen LogP contribution is -2.33. The number of nitrogens with one attached hydrogen (secondary N) is 1. The van der Waals surface area contributed by atoms with Crippen LogP contribution >= 0.6 is 0 Å². The van der Waals surface area contributed by atoms with Gasteiger partial charge in [0.25, 0.3) is 5.56 Å². The van der Waals surface area contributed by atoms with Crippen LogP contribution in [0.15, 0.2) is 53.3 Å². The SMILES string of the molecule is CCC[C@@H](c1nnnn1C[C@@H]1CCCO1)N(Cc1ccccc1)Cc1cc2ccc(C)c(C)c2[nH]c1=O. The molecule has 0 bridgehead atoms. The number of hydrogen-bond donors (Lipinski definition) is 1. The third-order valence-electron chi connectivity index (χ3n) is 7.49. The van der Waals surface area contributed by atoms with Gasteiger partial charge < -0.3 is 9.72 Å². The molecular formula is C29H36N6O2. The molecule has 2 atom stereocenters. The third-order valence-corrected chi connectivity index (χ3v) is 7.49. The van der Waals surface area contributed by atoms with E-state index in [1.807, 2.05) is 16.8 Å². The normalized spacial score (nSPS) is 16.6. The number of aromatic nitrogens is 5. The summed E-state index contributed by atoms with van der Waals surface area (Å²) >= 11 is 0. The lowest BCUT2D eigenvalue weighted by atomic mass is 10.0. The van der Waals surface area contributed by atoms with E-state index in [0.29, 0.717) is 19.6 Å². The van der Waals surface area contributed by atoms with Crippen molar-refractivity contribution in [3.63, 3.8) is 0 Å². The van der Waals surface area contributed by atoms with Gasteiger partial charge in [0.2, 0.25) is 0 Å². The molecule has 8 heteroatoms. The van der Waals surface area contributed by atoms with Crippen LogP contribution in [-0.2, 0) is 24.4 Å². The van der Waals surface area contributed by atoms with Crippen molar-refractivity contribution < 1.29 is 4.74 Å². The summed E-state index contributed by atoms with van der Waals surface area (Å²) in [5.74, 6) is 0.831. The topological polar surface area (TPSA) is 88.9 Å². The van der Waals surface area contributed by atoms with E-state index in [-0.39, 0.29) is 17.7 Å². The molecule has 0 aliphatic carbocycles. The smallest absolute Gasteiger partial charge is 0.252 e. The fraction of sp³-hybridized carbons (Fsp3) is 0.448. The summed E-state index contributed by atoms with van der Waals surface area (Å²) in [6.45, 7) is 8.92. The third kappa shape index (κ3) is 5.65. The Hall–Kier alpha value is -3.36. The van der Waals surface area contributed by atoms with Crippen LogP contribution in [-0.4, -0.2) is 42.8 Å². The van der Waals surface area contributed by atoms with Crippen LogP contribution in [0.3, 0.4) is 0 Å². The molecule has 8 nitrogen and oxygen atoms in total. The van der Waals surface area contributed by atoms with E-state index in [2.05, 4.69) is 82.6 Å². The predicted molar refractivity (Wildman–Crippen MR) is 144 cm³/mol. The lowest BCUT2D eigenvalue weighted by Gasteiger charge is -2.31. The molecule has 1 N–H and O–H groups in total. The van der Waals surface area contributed by atoms with Gasteiger partial charge in [0.15, 0.2) is 5.82 Å². The maximum Gasteiger partial charge on any atom is 0.252 e. The summed E-state index contributed by atoms with van der Waals surface area (Å²) in [4.78, 5) is 18.8. The minimum Gasteiger partial charge on any atom is -0.376 e. The Bertz CT molecular complexity index is 1390. The van der Waals surface area contributed by atoms with Crippen molar-refractivity contribution in [2.24, 2.45) is 0 Å². The summed E-state index contributed by atoms with van der Waals surface area (Å²) in [5.41, 5.74) is 5.07. The molecule has 3 heterocycles. The van der Waals surface area contributed by atoms with Crippen LogP contribution < -0.4 is 5.56 Å². The van der Waals surface area contributed by atoms with E-state index in [4.69, 9.17) is 4.74 Å². The molecule has 4 aromatic rings. The second-order valence-electron chi connectivity index (χ2n) is 10.1. The first-order valence-electron chi connectivity index (χ1n) is 13.3. The van der Waals surface area contributed by atoms with Crippen LogP contribution in [0, 0.1) is 13.8 Å². The highest BCUT2D eigenvalue weighted by atomic mass is 16.5. The highest BCUT2D eigenvalue weighted by molar-refractivity contribution is 5.83. The number of ether oxygens (including phenoxy) is 1. The lowest BCUT2D eigenvalue weighted by molar-refractivity contribution is 0.0885. The number of nitrogens with zero attached hydrogens (tertiary/aromatic N) is 5. The Morgan fingerprint density at radius 2 is 2.00 bits per heavy atom. The zero-order chi connectivity index (χ0) is 25.8. The highest BCUT2D eigenvalue weighted by Crippen LogP contribution is 2.29. The van der Waals surface area contributed by atoms with Crippen LogP contribution in [0.4, 0.5) is 0 Å². The molecule has 0 spiro atoms. The molecule has 1 aliphatic heterocycles. The zero-order valence-corrected chi connectivity index (χ0v) is 22.0. The number of pyridine rings is 1. The van der Waals surface area contributed by atoms with Gasteiger partial charge in [0, 0.05) is 25.3 Å². The van der Waals surface area contributed by atoms with E-state index in [9.17, 15) is 4.79 Å². The molecule has 0 saturated carbocycles. The fourth-order valence-corrected chi connectivity index (χ4v) is 5.31. The summed E-state index contributed by atoms with van der Waals surface area (Å²) < 4.78 is 7.78. The molecule has 2 aromatic heterocycles. The standard InChI is InChI=1S/C29H36N6O2/c1-4-9-26(28-31-32-33-35(28)19-25-12-8-15-37-25)34(17-22-10-6-5-7-11-22)18-24-16-23-14-13-20(2)21(3)27(23)30-29(24)36/h5-7,10-11,13-14,16,25-26H,4,8-9,12,15,17-19H2,1-3H3,(H,30,36)/t25-,26-/m0/s1. The average Bonchev–Trinajstić information content (AvgIpc) is 3.59. The Balaban J connectivity index is 1.52. The number of H-pyrrole nitrogens is 1. The predicted octanol–water partition coefficient (Wildman–Crippen LogP) is 4.85. The first-order chi connectivity index (χ1) is 18.0. The van der Waals surface area contributed by atoms with Crippen LogP contribution in [0.25, 0.3) is 10.9 Å². The number of hydrogen-bond acceptors (Lipinski definition) is 6. The maximum atomic E-state index is 13.3. The number of fused-ring (bicyclic) bond motifs is 1. The van der Waals surface area contributed by atoms with Crippen LogP contribution in [0.5, 0.6) is 0 Å². The van der Waals surface area contributed by atoms with E-state index >= 15 is 0 Å². The number of rotatable bonds is 10. The quantitative estimate of drug-likeness (QED) is 0.335. The fourth-order valence-electron chi connectivity index (χ4n) is 5.31. The van der Waals surface area contributed by atoms with Gasteiger partial charge in [-0.3, -0.25) is 9.69 Å². The molecule has 2 aromatic carbocycles. The van der Waals surface area contributed by atoms with Gasteiger partial charge in [-0.15, -0.1) is 5.10 Å². The summed E-state index contributed by atoms with van der Waals surface area (Å²) in [6.07, 6.45) is 4.08. The average molecular weight is 501 g/mol. The van der Waals surface area contributed by atoms with Gasteiger partial charge in [0.05, 0.1) is 24.2 Å². The van der Waals surface area contributed by atoms with Crippen molar-refractivity contribution in [1.29, 1.82) is 0 Å². The monoisotopic (exact) mass is 500 g/mol. The molecule has 1 aliphatic rings. The van der Waals surface area contributed by atoms with E-state index in [1.165, 1.54) is 11.1 Å². The maximum absolute atomic E-state index is 13.3. The number of aromatic amines is 1. The molecule has 0 unspecified atom stereocenters. The van der Waals surface area contributed by atoms with Crippen molar-refractivity contribution in [3.05, 3.63) is 87.0 Å². The molecule has 1 saturated heterocycles. The van der Waals surface area contributed by atoms with Gasteiger partial charge in [0.1, 0.15) is 0 Å². The van der Waals surface area contributed by atoms with Crippen molar-refractivity contribution >= 4 is 10.9 Å². The Kier molecular flexibility index (Phi) is 7.76. The molecule has 1 fully saturated rings. The zero-order valence-electron chi connectivity index (χ0n) is 22.0. The second kappa shape index (κ2) is 11.4. The Morgan fingerprint density at radius 1 is 1.16 bits per heavy atom. The van der Waals surface area contributed by atoms with Crippen molar-refractivity contribution in [1.82, 2.24) is 30.1 Å². The first-order valence-corrected chi connectivity index (χ1v) is 13.3. The molecule has 5 rings (SSSR count). The summed E-state index contributed by atoms with van der Waals surface area (Å²) in [6, 6.07) is 16.6. The van der Waals surface area contributed by atoms with Gasteiger partial charge in [-0.1, -0.05) is 55.8 Å². The molecule has 37 heavy (non-hydrogen) atoms. The van der Waals surface area contributed by atoms with Crippen molar-refractivity contribution in [2.45, 2.75) is 78.2 Å². The Labute approximate surface area is 217 Å². The summed E-state index contributed by atoms with van der Waals surface area (Å²) in [7, 11) is 0. The number of aryl methyl sites for hydroxylation is 2. The number of benzene rings is 2. The van der Waals surface area contributed by atoms with Crippen LogP contribution in [0.2, 0.25) is 0 Å². The van der Waals surface area contributed by atoms with Gasteiger partial charge >= 0.3 is 0 Å². The van der Waals surface area contributed by atoms with Gasteiger partial charge in [-0.2, -0.15) is 0 Å². The molecular weight excluding hydrogens is 464 g/mol. The van der Waals surface area contributed by atoms with Crippen molar-refractivity contribution in [2.75, 3.05) is 6.61 Å². The van der Waals surface area contributed by atoms with Gasteiger partial charge in [-0.25, -0.2) is 4.68 Å². The minimum absolute atomic E-state index is 0.0449. The number of tetrazole rings is 1. The molecule has 0 amide bonds. The minimum atomic E-state index is -0.0477. The summed E-state index contributed by atoms with van der Waals surface area (Å²) in [5, 5.41) is 13.9. The van der Waals surface area contributed by atoms with Crippen molar-refractivity contribution in [3.8, 4) is 0 Å².